The number of hydrogen-bond acceptors (Lipinski definition) is 3. The third-order valence-corrected chi connectivity index (χ3v) is 8.12. The molecule has 0 aromatic heterocycles. The van der Waals surface area contributed by atoms with Crippen LogP contribution >= 0.6 is 0 Å². The maximum absolute atomic E-state index is 12.2. The van der Waals surface area contributed by atoms with Crippen LogP contribution in [0.25, 0.3) is 0 Å². The maximum atomic E-state index is 12.2. The molecule has 2 saturated carbocycles. The predicted molar refractivity (Wildman–Crippen MR) is 94.4 cm³/mol. The van der Waals surface area contributed by atoms with E-state index in [0.717, 1.165) is 36.8 Å². The van der Waals surface area contributed by atoms with E-state index in [-0.39, 0.29) is 5.75 Å². The molecule has 3 fully saturated rings. The Morgan fingerprint density at radius 3 is 2.35 bits per heavy atom. The first kappa shape index (κ1) is 17.1. The minimum absolute atomic E-state index is 0.221. The average Bonchev–Trinajstić information content (AvgIpc) is 3.34. The van der Waals surface area contributed by atoms with Crippen LogP contribution in [0.3, 0.4) is 0 Å². The van der Waals surface area contributed by atoms with Gasteiger partial charge in [0.2, 0.25) is 0 Å². The third-order valence-electron chi connectivity index (χ3n) is 5.58. The lowest BCUT2D eigenvalue weighted by Crippen LogP contribution is -2.57. The minimum atomic E-state index is -3.00. The van der Waals surface area contributed by atoms with E-state index in [1.165, 1.54) is 25.7 Å². The summed E-state index contributed by atoms with van der Waals surface area (Å²) in [5.41, 5.74) is 0. The van der Waals surface area contributed by atoms with Crippen molar-refractivity contribution < 1.29 is 8.42 Å². The van der Waals surface area contributed by atoms with Gasteiger partial charge in [0.1, 0.15) is 0 Å². The van der Waals surface area contributed by atoms with Crippen molar-refractivity contribution >= 4 is 15.8 Å². The van der Waals surface area contributed by atoms with Crippen LogP contribution < -0.4 is 5.32 Å². The van der Waals surface area contributed by atoms with Gasteiger partial charge in [0.25, 0.3) is 0 Å². The summed E-state index contributed by atoms with van der Waals surface area (Å²) in [6.07, 6.45) is 5.51. The molecule has 3 rings (SSSR count). The Balaban J connectivity index is 1.69. The molecule has 3 aliphatic rings. The zero-order valence-electron chi connectivity index (χ0n) is 14.7. The van der Waals surface area contributed by atoms with E-state index in [0.29, 0.717) is 13.1 Å². The van der Waals surface area contributed by atoms with E-state index < -0.39 is 14.6 Å². The summed E-state index contributed by atoms with van der Waals surface area (Å²) in [5, 5.41) is 3.37. The molecule has 5 nitrogen and oxygen atoms in total. The predicted octanol–water partition coefficient (Wildman–Crippen LogP) is 1.90. The fourth-order valence-corrected chi connectivity index (χ4v) is 5.04. The molecule has 1 aliphatic heterocycles. The Morgan fingerprint density at radius 2 is 1.87 bits per heavy atom. The third kappa shape index (κ3) is 3.83. The molecule has 1 heterocycles. The van der Waals surface area contributed by atoms with Crippen molar-refractivity contribution in [3.05, 3.63) is 0 Å². The first-order valence-electron chi connectivity index (χ1n) is 9.09. The lowest BCUT2D eigenvalue weighted by atomic mass is 9.98. The average molecular weight is 342 g/mol. The first-order chi connectivity index (χ1) is 10.8. The molecule has 132 valence electrons. The molecule has 0 unspecified atom stereocenters. The van der Waals surface area contributed by atoms with Crippen molar-refractivity contribution in [1.82, 2.24) is 10.2 Å². The van der Waals surface area contributed by atoms with Gasteiger partial charge in [0, 0.05) is 26.2 Å². The summed E-state index contributed by atoms with van der Waals surface area (Å²) in [4.78, 5) is 7.05. The fourth-order valence-electron chi connectivity index (χ4n) is 3.67. The summed E-state index contributed by atoms with van der Waals surface area (Å²) in [5.74, 6) is 3.67. The van der Waals surface area contributed by atoms with E-state index in [1.807, 2.05) is 13.8 Å². The number of nitrogens with zero attached hydrogens (tertiary/aromatic N) is 2. The van der Waals surface area contributed by atoms with Gasteiger partial charge < -0.3 is 10.2 Å². The highest BCUT2D eigenvalue weighted by Gasteiger charge is 2.42. The SMILES string of the molecule is CCNC(=NCC(C1CC1)C1CC1)N1CCS(=O)(=O)C(C)(C)C1. The topological polar surface area (TPSA) is 61.8 Å². The molecule has 23 heavy (non-hydrogen) atoms. The number of rotatable bonds is 5. The summed E-state index contributed by atoms with van der Waals surface area (Å²) < 4.78 is 23.7. The molecule has 0 aromatic rings. The van der Waals surface area contributed by atoms with Crippen LogP contribution in [0.15, 0.2) is 4.99 Å². The highest BCUT2D eigenvalue weighted by atomic mass is 32.2. The van der Waals surface area contributed by atoms with Gasteiger partial charge in [0.05, 0.1) is 10.5 Å². The van der Waals surface area contributed by atoms with Crippen molar-refractivity contribution in [2.24, 2.45) is 22.7 Å². The molecule has 1 saturated heterocycles. The molecular formula is C17H31N3O2S. The van der Waals surface area contributed by atoms with E-state index in [1.54, 1.807) is 0 Å². The number of hydrogen-bond donors (Lipinski definition) is 1. The van der Waals surface area contributed by atoms with Crippen molar-refractivity contribution in [3.8, 4) is 0 Å². The largest absolute Gasteiger partial charge is 0.357 e. The van der Waals surface area contributed by atoms with Gasteiger partial charge >= 0.3 is 0 Å². The van der Waals surface area contributed by atoms with Crippen LogP contribution in [0, 0.1) is 17.8 Å². The minimum Gasteiger partial charge on any atom is -0.357 e. The van der Waals surface area contributed by atoms with Crippen molar-refractivity contribution in [2.45, 2.75) is 51.2 Å². The van der Waals surface area contributed by atoms with E-state index >= 15 is 0 Å². The summed E-state index contributed by atoms with van der Waals surface area (Å²) in [6, 6.07) is 0. The van der Waals surface area contributed by atoms with E-state index in [9.17, 15) is 8.42 Å². The standard InChI is InChI=1S/C17H31N3O2S/c1-4-18-16(19-11-15(13-5-6-13)14-7-8-14)20-9-10-23(21,22)17(2,3)12-20/h13-15H,4-12H2,1-3H3,(H,18,19). The molecule has 0 amide bonds. The monoisotopic (exact) mass is 341 g/mol. The molecule has 0 radical (unpaired) electrons. The maximum Gasteiger partial charge on any atom is 0.194 e. The van der Waals surface area contributed by atoms with Crippen molar-refractivity contribution in [2.75, 3.05) is 31.9 Å². The Bertz CT molecular complexity index is 550. The number of aliphatic imine (C=N–C) groups is 1. The van der Waals surface area contributed by atoms with Crippen LogP contribution in [0.1, 0.15) is 46.5 Å². The zero-order chi connectivity index (χ0) is 16.7. The zero-order valence-corrected chi connectivity index (χ0v) is 15.5. The molecule has 2 aliphatic carbocycles. The molecular weight excluding hydrogens is 310 g/mol. The molecule has 0 bridgehead atoms. The number of guanidine groups is 1. The van der Waals surface area contributed by atoms with Crippen molar-refractivity contribution in [3.63, 3.8) is 0 Å². The molecule has 0 spiro atoms. The van der Waals surface area contributed by atoms with Crippen LogP contribution in [-0.2, 0) is 9.84 Å². The normalized spacial score (nSPS) is 27.3. The van der Waals surface area contributed by atoms with Gasteiger partial charge in [-0.2, -0.15) is 0 Å². The molecule has 0 aromatic carbocycles. The van der Waals surface area contributed by atoms with Crippen LogP contribution in [0.4, 0.5) is 0 Å². The first-order valence-corrected chi connectivity index (χ1v) is 10.7. The molecule has 1 N–H and O–H groups in total. The van der Waals surface area contributed by atoms with E-state index in [4.69, 9.17) is 4.99 Å². The van der Waals surface area contributed by atoms with Crippen LogP contribution in [0.2, 0.25) is 0 Å². The summed E-state index contributed by atoms with van der Waals surface area (Å²) in [7, 11) is -3.00. The van der Waals surface area contributed by atoms with Gasteiger partial charge in [-0.05, 0) is 64.2 Å². The lowest BCUT2D eigenvalue weighted by Gasteiger charge is -2.39. The highest BCUT2D eigenvalue weighted by Crippen LogP contribution is 2.49. The Hall–Kier alpha value is -0.780. The van der Waals surface area contributed by atoms with Crippen LogP contribution in [-0.4, -0.2) is 56.0 Å². The van der Waals surface area contributed by atoms with E-state index in [2.05, 4.69) is 17.1 Å². The smallest absolute Gasteiger partial charge is 0.194 e. The molecule has 0 atom stereocenters. The van der Waals surface area contributed by atoms with Gasteiger partial charge in [0.15, 0.2) is 15.8 Å². The van der Waals surface area contributed by atoms with Gasteiger partial charge in [-0.25, -0.2) is 8.42 Å². The Kier molecular flexibility index (Phi) is 4.64. The van der Waals surface area contributed by atoms with Crippen molar-refractivity contribution in [1.29, 1.82) is 0 Å². The van der Waals surface area contributed by atoms with Crippen LogP contribution in [0.5, 0.6) is 0 Å². The van der Waals surface area contributed by atoms with Gasteiger partial charge in [-0.15, -0.1) is 0 Å². The molecule has 6 heteroatoms. The highest BCUT2D eigenvalue weighted by molar-refractivity contribution is 7.92. The lowest BCUT2D eigenvalue weighted by molar-refractivity contribution is 0.349. The fraction of sp³-hybridized carbons (Fsp3) is 0.941. The second kappa shape index (κ2) is 6.26. The number of sulfone groups is 1. The Labute approximate surface area is 140 Å². The summed E-state index contributed by atoms with van der Waals surface area (Å²) in [6.45, 7) is 8.53. The van der Waals surface area contributed by atoms with Gasteiger partial charge in [-0.1, -0.05) is 0 Å². The van der Waals surface area contributed by atoms with Gasteiger partial charge in [-0.3, -0.25) is 4.99 Å². The Morgan fingerprint density at radius 1 is 1.26 bits per heavy atom. The summed E-state index contributed by atoms with van der Waals surface area (Å²) >= 11 is 0. The second-order valence-electron chi connectivity index (χ2n) is 8.03. The second-order valence-corrected chi connectivity index (χ2v) is 10.8. The quantitative estimate of drug-likeness (QED) is 0.613. The number of nitrogens with one attached hydrogen (secondary N) is 1.